The molecule has 1 amide bonds. The Labute approximate surface area is 174 Å². The minimum Gasteiger partial charge on any atom is -0.349 e. The molecule has 0 fully saturated rings. The number of hydrogen-bond donors (Lipinski definition) is 1. The summed E-state index contributed by atoms with van der Waals surface area (Å²) < 4.78 is 23.1. The van der Waals surface area contributed by atoms with Gasteiger partial charge in [-0.15, -0.1) is 11.8 Å². The standard InChI is InChI=1S/C19H21Cl2NO3S2/c1-3-18(14-5-7-15(8-6-14)27(2,24)25)22-19(23)12-26-11-13-4-9-16(20)17(21)10-13/h4-10,18H,3,11-12H2,1-2H3,(H,22,23)/t18-/m0/s1. The van der Waals surface area contributed by atoms with E-state index in [1.807, 2.05) is 13.0 Å². The number of thioether (sulfide) groups is 1. The van der Waals surface area contributed by atoms with Crippen LogP contribution in [0.1, 0.15) is 30.5 Å². The van der Waals surface area contributed by atoms with Gasteiger partial charge in [0.2, 0.25) is 5.91 Å². The van der Waals surface area contributed by atoms with Crippen LogP contribution in [0.4, 0.5) is 0 Å². The zero-order chi connectivity index (χ0) is 20.0. The van der Waals surface area contributed by atoms with E-state index < -0.39 is 9.84 Å². The first-order valence-electron chi connectivity index (χ1n) is 8.31. The molecule has 1 N–H and O–H groups in total. The number of amides is 1. The summed E-state index contributed by atoms with van der Waals surface area (Å²) in [5.41, 5.74) is 1.89. The molecule has 0 aliphatic rings. The van der Waals surface area contributed by atoms with Crippen molar-refractivity contribution in [2.45, 2.75) is 30.0 Å². The lowest BCUT2D eigenvalue weighted by molar-refractivity contribution is -0.119. The summed E-state index contributed by atoms with van der Waals surface area (Å²) in [6.07, 6.45) is 1.88. The molecular formula is C19H21Cl2NO3S2. The molecule has 0 bridgehead atoms. The Morgan fingerprint density at radius 3 is 2.33 bits per heavy atom. The molecule has 8 heteroatoms. The van der Waals surface area contributed by atoms with E-state index in [4.69, 9.17) is 23.2 Å². The first-order valence-corrected chi connectivity index (χ1v) is 12.1. The van der Waals surface area contributed by atoms with Crippen LogP contribution in [0.5, 0.6) is 0 Å². The second-order valence-corrected chi connectivity index (χ2v) is 9.93. The molecule has 2 rings (SSSR count). The zero-order valence-electron chi connectivity index (χ0n) is 15.0. The maximum atomic E-state index is 12.2. The van der Waals surface area contributed by atoms with Crippen molar-refractivity contribution in [1.29, 1.82) is 0 Å². The van der Waals surface area contributed by atoms with E-state index in [0.29, 0.717) is 28.0 Å². The van der Waals surface area contributed by atoms with Gasteiger partial charge in [0.15, 0.2) is 9.84 Å². The maximum Gasteiger partial charge on any atom is 0.230 e. The topological polar surface area (TPSA) is 63.2 Å². The lowest BCUT2D eigenvalue weighted by Crippen LogP contribution is -2.29. The minimum atomic E-state index is -3.23. The monoisotopic (exact) mass is 445 g/mol. The fourth-order valence-electron chi connectivity index (χ4n) is 2.50. The van der Waals surface area contributed by atoms with E-state index in [-0.39, 0.29) is 16.8 Å². The van der Waals surface area contributed by atoms with Crippen LogP contribution in [0.2, 0.25) is 10.0 Å². The number of hydrogen-bond acceptors (Lipinski definition) is 4. The van der Waals surface area contributed by atoms with Crippen LogP contribution in [0.25, 0.3) is 0 Å². The van der Waals surface area contributed by atoms with Gasteiger partial charge in [0, 0.05) is 12.0 Å². The molecule has 0 saturated carbocycles. The highest BCUT2D eigenvalue weighted by atomic mass is 35.5. The summed E-state index contributed by atoms with van der Waals surface area (Å²) in [4.78, 5) is 12.5. The van der Waals surface area contributed by atoms with Crippen LogP contribution in [-0.2, 0) is 20.4 Å². The first kappa shape index (κ1) is 22.1. The van der Waals surface area contributed by atoms with Gasteiger partial charge in [-0.05, 0) is 41.8 Å². The van der Waals surface area contributed by atoms with Crippen LogP contribution in [0.3, 0.4) is 0 Å². The van der Waals surface area contributed by atoms with E-state index in [2.05, 4.69) is 5.32 Å². The van der Waals surface area contributed by atoms with Gasteiger partial charge >= 0.3 is 0 Å². The summed E-state index contributed by atoms with van der Waals surface area (Å²) in [6.45, 7) is 1.97. The second kappa shape index (κ2) is 9.82. The summed E-state index contributed by atoms with van der Waals surface area (Å²) in [6, 6.07) is 11.9. The van der Waals surface area contributed by atoms with Gasteiger partial charge in [0.25, 0.3) is 0 Å². The molecule has 0 unspecified atom stereocenters. The number of benzene rings is 2. The Morgan fingerprint density at radius 1 is 1.11 bits per heavy atom. The quantitative estimate of drug-likeness (QED) is 0.627. The molecule has 4 nitrogen and oxygen atoms in total. The molecule has 0 aromatic heterocycles. The molecule has 2 aromatic carbocycles. The van der Waals surface area contributed by atoms with E-state index in [1.165, 1.54) is 18.0 Å². The zero-order valence-corrected chi connectivity index (χ0v) is 18.2. The SMILES string of the molecule is CC[C@H](NC(=O)CSCc1ccc(Cl)c(Cl)c1)c1ccc(S(C)(=O)=O)cc1. The molecule has 0 saturated heterocycles. The molecule has 0 aliphatic carbocycles. The molecule has 146 valence electrons. The van der Waals surface area contributed by atoms with Gasteiger partial charge in [0.05, 0.1) is 26.7 Å². The van der Waals surface area contributed by atoms with Crippen LogP contribution in [0.15, 0.2) is 47.4 Å². The largest absolute Gasteiger partial charge is 0.349 e. The van der Waals surface area contributed by atoms with E-state index >= 15 is 0 Å². The number of carbonyl (C=O) groups excluding carboxylic acids is 1. The Kier molecular flexibility index (Phi) is 8.04. The average Bonchev–Trinajstić information content (AvgIpc) is 2.62. The molecule has 0 spiro atoms. The van der Waals surface area contributed by atoms with Crippen LogP contribution in [-0.4, -0.2) is 26.3 Å². The van der Waals surface area contributed by atoms with Gasteiger partial charge in [0.1, 0.15) is 0 Å². The molecule has 0 aliphatic heterocycles. The smallest absolute Gasteiger partial charge is 0.230 e. The normalized spacial score (nSPS) is 12.6. The third kappa shape index (κ3) is 6.71. The van der Waals surface area contributed by atoms with Crippen LogP contribution >= 0.6 is 35.0 Å². The maximum absolute atomic E-state index is 12.2. The van der Waals surface area contributed by atoms with Crippen LogP contribution < -0.4 is 5.32 Å². The number of carbonyl (C=O) groups is 1. The summed E-state index contributed by atoms with van der Waals surface area (Å²) in [5, 5.41) is 4.00. The number of rotatable bonds is 8. The molecule has 0 radical (unpaired) electrons. The second-order valence-electron chi connectivity index (χ2n) is 6.11. The summed E-state index contributed by atoms with van der Waals surface area (Å²) in [5.74, 6) is 0.904. The third-order valence-corrected chi connectivity index (χ3v) is 6.81. The Morgan fingerprint density at radius 2 is 1.78 bits per heavy atom. The van der Waals surface area contributed by atoms with Crippen molar-refractivity contribution < 1.29 is 13.2 Å². The van der Waals surface area contributed by atoms with Crippen molar-refractivity contribution in [1.82, 2.24) is 5.32 Å². The fourth-order valence-corrected chi connectivity index (χ4v) is 4.23. The fraction of sp³-hybridized carbons (Fsp3) is 0.316. The summed E-state index contributed by atoms with van der Waals surface area (Å²) >= 11 is 13.4. The number of halogens is 2. The molecular weight excluding hydrogens is 425 g/mol. The van der Waals surface area contributed by atoms with Crippen molar-refractivity contribution >= 4 is 50.7 Å². The van der Waals surface area contributed by atoms with Crippen molar-refractivity contribution in [2.24, 2.45) is 0 Å². The Balaban J connectivity index is 1.89. The van der Waals surface area contributed by atoms with Crippen molar-refractivity contribution in [3.8, 4) is 0 Å². The lowest BCUT2D eigenvalue weighted by atomic mass is 10.0. The predicted octanol–water partition coefficient (Wildman–Crippen LogP) is 4.90. The minimum absolute atomic E-state index is 0.0703. The predicted molar refractivity (Wildman–Crippen MR) is 113 cm³/mol. The van der Waals surface area contributed by atoms with E-state index in [9.17, 15) is 13.2 Å². The van der Waals surface area contributed by atoms with Gasteiger partial charge in [-0.3, -0.25) is 4.79 Å². The van der Waals surface area contributed by atoms with Crippen molar-refractivity contribution in [3.63, 3.8) is 0 Å². The van der Waals surface area contributed by atoms with Gasteiger partial charge in [-0.25, -0.2) is 8.42 Å². The molecule has 0 heterocycles. The highest BCUT2D eigenvalue weighted by molar-refractivity contribution is 7.99. The van der Waals surface area contributed by atoms with Crippen LogP contribution in [0, 0.1) is 0 Å². The molecule has 1 atom stereocenters. The first-order chi connectivity index (χ1) is 12.7. The lowest BCUT2D eigenvalue weighted by Gasteiger charge is -2.18. The average molecular weight is 446 g/mol. The van der Waals surface area contributed by atoms with Crippen molar-refractivity contribution in [2.75, 3.05) is 12.0 Å². The summed E-state index contributed by atoms with van der Waals surface area (Å²) in [7, 11) is -3.23. The molecule has 2 aromatic rings. The molecule has 27 heavy (non-hydrogen) atoms. The van der Waals surface area contributed by atoms with Gasteiger partial charge in [-0.1, -0.05) is 48.3 Å². The Hall–Kier alpha value is -1.21. The Bertz CT molecular complexity index is 900. The highest BCUT2D eigenvalue weighted by Gasteiger charge is 2.14. The highest BCUT2D eigenvalue weighted by Crippen LogP contribution is 2.25. The van der Waals surface area contributed by atoms with Crippen molar-refractivity contribution in [3.05, 3.63) is 63.6 Å². The third-order valence-electron chi connectivity index (χ3n) is 3.94. The van der Waals surface area contributed by atoms with E-state index in [0.717, 1.165) is 11.1 Å². The number of nitrogens with one attached hydrogen (secondary N) is 1. The van der Waals surface area contributed by atoms with Gasteiger partial charge in [-0.2, -0.15) is 0 Å². The van der Waals surface area contributed by atoms with Gasteiger partial charge < -0.3 is 5.32 Å². The number of sulfone groups is 1. The van der Waals surface area contributed by atoms with E-state index in [1.54, 1.807) is 36.4 Å².